The van der Waals surface area contributed by atoms with Crippen LogP contribution in [0, 0.1) is 0 Å². The maximum absolute atomic E-state index is 6.10. The van der Waals surface area contributed by atoms with Gasteiger partial charge in [0.15, 0.2) is 0 Å². The first-order chi connectivity index (χ1) is 10.1. The first-order valence-corrected chi connectivity index (χ1v) is 7.92. The molecule has 3 rings (SSSR count). The van der Waals surface area contributed by atoms with Crippen molar-refractivity contribution in [3.63, 3.8) is 0 Å². The summed E-state index contributed by atoms with van der Waals surface area (Å²) in [6.45, 7) is 2.61. The highest BCUT2D eigenvalue weighted by molar-refractivity contribution is 7.19. The number of thiophene rings is 1. The molecule has 0 amide bonds. The minimum atomic E-state index is 0. The minimum absolute atomic E-state index is 0. The van der Waals surface area contributed by atoms with Crippen molar-refractivity contribution in [2.75, 3.05) is 5.32 Å². The molecule has 0 fully saturated rings. The molecular weight excluding hydrogens is 377 g/mol. The van der Waals surface area contributed by atoms with Gasteiger partial charge in [0.25, 0.3) is 0 Å². The Labute approximate surface area is 156 Å². The van der Waals surface area contributed by atoms with E-state index < -0.39 is 0 Å². The number of pyridine rings is 1. The van der Waals surface area contributed by atoms with E-state index in [-0.39, 0.29) is 30.9 Å². The molecule has 23 heavy (non-hydrogen) atoms. The van der Waals surface area contributed by atoms with Gasteiger partial charge < -0.3 is 15.5 Å². The Morgan fingerprint density at radius 1 is 1.39 bits per heavy atom. The fourth-order valence-electron chi connectivity index (χ4n) is 2.18. The lowest BCUT2D eigenvalue weighted by atomic mass is 10.2. The summed E-state index contributed by atoms with van der Waals surface area (Å²) in [4.78, 5) is 5.60. The van der Waals surface area contributed by atoms with Crippen molar-refractivity contribution < 1.29 is 4.42 Å². The molecule has 0 aliphatic carbocycles. The predicted molar refractivity (Wildman–Crippen MR) is 103 cm³/mol. The van der Waals surface area contributed by atoms with Crippen LogP contribution < -0.4 is 11.1 Å². The van der Waals surface area contributed by atoms with E-state index in [0.29, 0.717) is 11.7 Å². The number of anilines is 1. The smallest absolute Gasteiger partial charge is 0.131 e. The SMILES string of the molecule is C[C@H](N)Cc1cc2nc(Cl)cc(NCc3ccco3)c2s1.Cl.Cl. The van der Waals surface area contributed by atoms with Gasteiger partial charge in [0.1, 0.15) is 10.9 Å². The standard InChI is InChI=1S/C15H16ClN3OS.2ClH/c1-9(17)5-11-6-13-15(21-11)12(7-14(16)19-13)18-8-10-3-2-4-20-10;;/h2-4,6-7,9H,5,8,17H2,1H3,(H,18,19);2*1H/t9-;;/m0../s1. The number of hydrogen-bond acceptors (Lipinski definition) is 5. The zero-order chi connectivity index (χ0) is 14.8. The molecule has 0 aromatic carbocycles. The molecule has 126 valence electrons. The molecule has 3 aromatic rings. The van der Waals surface area contributed by atoms with Gasteiger partial charge in [0, 0.05) is 17.0 Å². The van der Waals surface area contributed by atoms with Crippen molar-refractivity contribution >= 4 is 63.7 Å². The molecule has 0 radical (unpaired) electrons. The summed E-state index contributed by atoms with van der Waals surface area (Å²) < 4.78 is 6.43. The third-order valence-corrected chi connectivity index (χ3v) is 4.43. The highest BCUT2D eigenvalue weighted by atomic mass is 35.5. The third-order valence-electron chi connectivity index (χ3n) is 3.06. The molecule has 0 unspecified atom stereocenters. The molecule has 0 spiro atoms. The zero-order valence-electron chi connectivity index (χ0n) is 12.4. The number of nitrogens with two attached hydrogens (primary N) is 1. The van der Waals surface area contributed by atoms with E-state index >= 15 is 0 Å². The largest absolute Gasteiger partial charge is 0.467 e. The number of furan rings is 1. The van der Waals surface area contributed by atoms with Gasteiger partial charge in [-0.3, -0.25) is 0 Å². The molecule has 1 atom stereocenters. The summed E-state index contributed by atoms with van der Waals surface area (Å²) in [6, 6.07) is 7.85. The lowest BCUT2D eigenvalue weighted by Crippen LogP contribution is -2.16. The van der Waals surface area contributed by atoms with Gasteiger partial charge in [-0.15, -0.1) is 36.2 Å². The monoisotopic (exact) mass is 393 g/mol. The highest BCUT2D eigenvalue weighted by Gasteiger charge is 2.11. The molecule has 3 aromatic heterocycles. The Kier molecular flexibility index (Phi) is 7.64. The zero-order valence-corrected chi connectivity index (χ0v) is 15.6. The Morgan fingerprint density at radius 2 is 2.17 bits per heavy atom. The lowest BCUT2D eigenvalue weighted by molar-refractivity contribution is 0.518. The number of fused-ring (bicyclic) bond motifs is 1. The summed E-state index contributed by atoms with van der Waals surface area (Å²) in [6.07, 6.45) is 2.51. The van der Waals surface area contributed by atoms with E-state index in [1.54, 1.807) is 17.6 Å². The lowest BCUT2D eigenvalue weighted by Gasteiger charge is -2.06. The second-order valence-corrected chi connectivity index (χ2v) is 6.56. The van der Waals surface area contributed by atoms with Crippen molar-refractivity contribution in [1.29, 1.82) is 0 Å². The summed E-state index contributed by atoms with van der Waals surface area (Å²) >= 11 is 7.81. The number of rotatable bonds is 5. The molecule has 3 heterocycles. The van der Waals surface area contributed by atoms with Gasteiger partial charge in [-0.1, -0.05) is 11.6 Å². The predicted octanol–water partition coefficient (Wildman–Crippen LogP) is 4.89. The number of hydrogen-bond donors (Lipinski definition) is 2. The topological polar surface area (TPSA) is 64.1 Å². The average molecular weight is 395 g/mol. The van der Waals surface area contributed by atoms with E-state index in [0.717, 1.165) is 28.1 Å². The van der Waals surface area contributed by atoms with Crippen LogP contribution in [0.3, 0.4) is 0 Å². The fraction of sp³-hybridized carbons (Fsp3) is 0.267. The van der Waals surface area contributed by atoms with Crippen LogP contribution in [0.4, 0.5) is 5.69 Å². The maximum atomic E-state index is 6.10. The summed E-state index contributed by atoms with van der Waals surface area (Å²) in [5, 5.41) is 3.84. The first kappa shape index (κ1) is 20.1. The van der Waals surface area contributed by atoms with Crippen molar-refractivity contribution in [3.8, 4) is 0 Å². The fourth-order valence-corrected chi connectivity index (χ4v) is 3.61. The second-order valence-electron chi connectivity index (χ2n) is 5.03. The molecule has 0 aliphatic heterocycles. The molecule has 0 aliphatic rings. The Morgan fingerprint density at radius 3 is 2.83 bits per heavy atom. The van der Waals surface area contributed by atoms with Gasteiger partial charge >= 0.3 is 0 Å². The van der Waals surface area contributed by atoms with Crippen LogP contribution in [0.1, 0.15) is 17.6 Å². The van der Waals surface area contributed by atoms with E-state index in [1.807, 2.05) is 25.1 Å². The van der Waals surface area contributed by atoms with E-state index in [2.05, 4.69) is 16.4 Å². The molecule has 0 saturated heterocycles. The van der Waals surface area contributed by atoms with Crippen LogP contribution in [0.25, 0.3) is 10.2 Å². The summed E-state index contributed by atoms with van der Waals surface area (Å²) in [5.41, 5.74) is 7.75. The minimum Gasteiger partial charge on any atom is -0.467 e. The average Bonchev–Trinajstić information content (AvgIpc) is 3.03. The Hall–Kier alpha value is -0.980. The van der Waals surface area contributed by atoms with Crippen molar-refractivity contribution in [1.82, 2.24) is 4.98 Å². The van der Waals surface area contributed by atoms with Crippen LogP contribution in [-0.2, 0) is 13.0 Å². The molecule has 0 saturated carbocycles. The van der Waals surface area contributed by atoms with Crippen LogP contribution in [0.2, 0.25) is 5.15 Å². The van der Waals surface area contributed by atoms with E-state index in [9.17, 15) is 0 Å². The molecule has 0 bridgehead atoms. The van der Waals surface area contributed by atoms with Crippen molar-refractivity contribution in [2.24, 2.45) is 5.73 Å². The van der Waals surface area contributed by atoms with Crippen LogP contribution >= 0.6 is 47.8 Å². The Balaban J connectivity index is 0.00000132. The molecule has 8 heteroatoms. The summed E-state index contributed by atoms with van der Waals surface area (Å²) in [7, 11) is 0. The van der Waals surface area contributed by atoms with Crippen molar-refractivity contribution in [3.05, 3.63) is 46.3 Å². The molecule has 3 N–H and O–H groups in total. The van der Waals surface area contributed by atoms with Gasteiger partial charge in [-0.25, -0.2) is 4.98 Å². The van der Waals surface area contributed by atoms with Crippen molar-refractivity contribution in [2.45, 2.75) is 25.9 Å². The van der Waals surface area contributed by atoms with Gasteiger partial charge in [0.05, 0.1) is 28.7 Å². The number of nitrogens with zero attached hydrogens (tertiary/aromatic N) is 1. The first-order valence-electron chi connectivity index (χ1n) is 6.72. The maximum Gasteiger partial charge on any atom is 0.131 e. The number of halogens is 3. The van der Waals surface area contributed by atoms with E-state index in [4.69, 9.17) is 21.8 Å². The van der Waals surface area contributed by atoms with Gasteiger partial charge in [0.2, 0.25) is 0 Å². The third kappa shape index (κ3) is 4.99. The molecular formula is C15H18Cl3N3OS. The van der Waals surface area contributed by atoms with Gasteiger partial charge in [-0.05, 0) is 31.5 Å². The normalized spacial score (nSPS) is 11.6. The Bertz CT molecular complexity index is 744. The van der Waals surface area contributed by atoms with Crippen LogP contribution in [0.15, 0.2) is 34.9 Å². The molecule has 4 nitrogen and oxygen atoms in total. The summed E-state index contributed by atoms with van der Waals surface area (Å²) in [5.74, 6) is 0.878. The number of nitrogens with one attached hydrogen (secondary N) is 1. The highest BCUT2D eigenvalue weighted by Crippen LogP contribution is 2.33. The number of aromatic nitrogens is 1. The quantitative estimate of drug-likeness (QED) is 0.605. The van der Waals surface area contributed by atoms with E-state index in [1.165, 1.54) is 4.88 Å². The van der Waals surface area contributed by atoms with Crippen LogP contribution in [0.5, 0.6) is 0 Å². The second kappa shape index (κ2) is 8.76. The van der Waals surface area contributed by atoms with Crippen LogP contribution in [-0.4, -0.2) is 11.0 Å². The van der Waals surface area contributed by atoms with Gasteiger partial charge in [-0.2, -0.15) is 0 Å².